The molecular formula is C17H34O2. The lowest BCUT2D eigenvalue weighted by atomic mass is 9.92. The van der Waals surface area contributed by atoms with Crippen molar-refractivity contribution in [2.75, 3.05) is 0 Å². The van der Waals surface area contributed by atoms with Gasteiger partial charge in [-0.25, -0.2) is 0 Å². The third-order valence-corrected chi connectivity index (χ3v) is 4.05. The van der Waals surface area contributed by atoms with E-state index in [1.165, 1.54) is 64.2 Å². The molecule has 0 aromatic heterocycles. The first-order valence-electron chi connectivity index (χ1n) is 8.42. The van der Waals surface area contributed by atoms with Gasteiger partial charge in [0, 0.05) is 6.42 Å². The van der Waals surface area contributed by atoms with Gasteiger partial charge in [-0.05, 0) is 12.3 Å². The summed E-state index contributed by atoms with van der Waals surface area (Å²) in [7, 11) is 0. The fraction of sp³-hybridized carbons (Fsp3) is 0.941. The molecule has 0 amide bonds. The molecule has 0 saturated heterocycles. The zero-order chi connectivity index (χ0) is 14.3. The van der Waals surface area contributed by atoms with Crippen molar-refractivity contribution in [1.82, 2.24) is 0 Å². The summed E-state index contributed by atoms with van der Waals surface area (Å²) in [6.07, 6.45) is 15.7. The molecule has 0 aromatic rings. The lowest BCUT2D eigenvalue weighted by molar-refractivity contribution is -0.137. The topological polar surface area (TPSA) is 37.3 Å². The highest BCUT2D eigenvalue weighted by atomic mass is 16.4. The van der Waals surface area contributed by atoms with Crippen LogP contribution in [0.15, 0.2) is 0 Å². The highest BCUT2D eigenvalue weighted by Crippen LogP contribution is 2.21. The maximum absolute atomic E-state index is 10.4. The number of rotatable bonds is 14. The molecule has 0 spiro atoms. The van der Waals surface area contributed by atoms with E-state index in [4.69, 9.17) is 5.11 Å². The molecule has 19 heavy (non-hydrogen) atoms. The van der Waals surface area contributed by atoms with E-state index in [0.717, 1.165) is 18.8 Å². The molecule has 114 valence electrons. The first-order valence-corrected chi connectivity index (χ1v) is 8.42. The largest absolute Gasteiger partial charge is 0.481 e. The SMILES string of the molecule is CCCCCCC(CC)CCCCCCCC(=O)O. The maximum Gasteiger partial charge on any atom is 0.303 e. The molecule has 0 saturated carbocycles. The van der Waals surface area contributed by atoms with Gasteiger partial charge in [-0.2, -0.15) is 0 Å². The van der Waals surface area contributed by atoms with Crippen LogP contribution in [0.4, 0.5) is 0 Å². The maximum atomic E-state index is 10.4. The van der Waals surface area contributed by atoms with E-state index in [0.29, 0.717) is 6.42 Å². The number of hydrogen-bond acceptors (Lipinski definition) is 1. The van der Waals surface area contributed by atoms with E-state index in [9.17, 15) is 4.79 Å². The molecule has 0 bridgehead atoms. The monoisotopic (exact) mass is 270 g/mol. The zero-order valence-corrected chi connectivity index (χ0v) is 13.1. The highest BCUT2D eigenvalue weighted by molar-refractivity contribution is 5.66. The van der Waals surface area contributed by atoms with Gasteiger partial charge in [-0.15, -0.1) is 0 Å². The smallest absolute Gasteiger partial charge is 0.303 e. The van der Waals surface area contributed by atoms with Gasteiger partial charge in [0.05, 0.1) is 0 Å². The summed E-state index contributed by atoms with van der Waals surface area (Å²) in [6.45, 7) is 4.58. The molecule has 2 nitrogen and oxygen atoms in total. The first kappa shape index (κ1) is 18.5. The van der Waals surface area contributed by atoms with Crippen LogP contribution in [-0.4, -0.2) is 11.1 Å². The van der Waals surface area contributed by atoms with Gasteiger partial charge in [0.25, 0.3) is 0 Å². The van der Waals surface area contributed by atoms with Crippen molar-refractivity contribution in [1.29, 1.82) is 0 Å². The second-order valence-corrected chi connectivity index (χ2v) is 5.82. The number of carboxylic acid groups (broad SMARTS) is 1. The Morgan fingerprint density at radius 3 is 1.89 bits per heavy atom. The number of unbranched alkanes of at least 4 members (excludes halogenated alkanes) is 7. The average Bonchev–Trinajstić information content (AvgIpc) is 2.39. The Labute approximate surface area is 120 Å². The number of aliphatic carboxylic acids is 1. The van der Waals surface area contributed by atoms with E-state index >= 15 is 0 Å². The molecule has 0 rings (SSSR count). The van der Waals surface area contributed by atoms with Crippen molar-refractivity contribution in [3.05, 3.63) is 0 Å². The Kier molecular flexibility index (Phi) is 13.5. The van der Waals surface area contributed by atoms with E-state index < -0.39 is 5.97 Å². The summed E-state index contributed by atoms with van der Waals surface area (Å²) in [4.78, 5) is 10.4. The van der Waals surface area contributed by atoms with Gasteiger partial charge >= 0.3 is 5.97 Å². The fourth-order valence-electron chi connectivity index (χ4n) is 2.65. The second kappa shape index (κ2) is 13.9. The Balaban J connectivity index is 3.33. The Morgan fingerprint density at radius 1 is 0.842 bits per heavy atom. The number of hydrogen-bond donors (Lipinski definition) is 1. The van der Waals surface area contributed by atoms with Crippen molar-refractivity contribution in [3.8, 4) is 0 Å². The van der Waals surface area contributed by atoms with Crippen LogP contribution in [0.5, 0.6) is 0 Å². The summed E-state index contributed by atoms with van der Waals surface area (Å²) in [5.74, 6) is 0.272. The predicted octanol–water partition coefficient (Wildman–Crippen LogP) is 5.80. The van der Waals surface area contributed by atoms with Crippen LogP contribution in [0.2, 0.25) is 0 Å². The van der Waals surface area contributed by atoms with Crippen LogP contribution >= 0.6 is 0 Å². The van der Waals surface area contributed by atoms with Crippen LogP contribution in [-0.2, 0) is 4.79 Å². The van der Waals surface area contributed by atoms with Gasteiger partial charge in [-0.3, -0.25) is 4.79 Å². The molecule has 0 aliphatic rings. The van der Waals surface area contributed by atoms with E-state index in [-0.39, 0.29) is 0 Å². The number of carboxylic acids is 1. The van der Waals surface area contributed by atoms with Crippen molar-refractivity contribution in [3.63, 3.8) is 0 Å². The van der Waals surface area contributed by atoms with Crippen LogP contribution < -0.4 is 0 Å². The van der Waals surface area contributed by atoms with E-state index in [1.54, 1.807) is 0 Å². The highest BCUT2D eigenvalue weighted by Gasteiger charge is 2.05. The minimum Gasteiger partial charge on any atom is -0.481 e. The van der Waals surface area contributed by atoms with Crippen molar-refractivity contribution < 1.29 is 9.90 Å². The van der Waals surface area contributed by atoms with Gasteiger partial charge in [-0.1, -0.05) is 84.5 Å². The zero-order valence-electron chi connectivity index (χ0n) is 13.1. The summed E-state index contributed by atoms with van der Waals surface area (Å²) < 4.78 is 0. The van der Waals surface area contributed by atoms with Crippen molar-refractivity contribution >= 4 is 5.97 Å². The van der Waals surface area contributed by atoms with E-state index in [2.05, 4.69) is 13.8 Å². The fourth-order valence-corrected chi connectivity index (χ4v) is 2.65. The van der Waals surface area contributed by atoms with Crippen molar-refractivity contribution in [2.45, 2.75) is 97.3 Å². The van der Waals surface area contributed by atoms with Crippen LogP contribution in [0, 0.1) is 5.92 Å². The van der Waals surface area contributed by atoms with Gasteiger partial charge in [0.15, 0.2) is 0 Å². The van der Waals surface area contributed by atoms with E-state index in [1.807, 2.05) is 0 Å². The first-order chi connectivity index (χ1) is 9.20. The standard InChI is InChI=1S/C17H34O2/c1-3-5-6-10-13-16(4-2)14-11-8-7-9-12-15-17(18)19/h16H,3-15H2,1-2H3,(H,18,19). The van der Waals surface area contributed by atoms with Gasteiger partial charge < -0.3 is 5.11 Å². The minimum absolute atomic E-state index is 0.342. The average molecular weight is 270 g/mol. The summed E-state index contributed by atoms with van der Waals surface area (Å²) in [6, 6.07) is 0. The van der Waals surface area contributed by atoms with Gasteiger partial charge in [0.1, 0.15) is 0 Å². The Bertz CT molecular complexity index is 201. The quantitative estimate of drug-likeness (QED) is 0.405. The Morgan fingerprint density at radius 2 is 1.37 bits per heavy atom. The Hall–Kier alpha value is -0.530. The van der Waals surface area contributed by atoms with Gasteiger partial charge in [0.2, 0.25) is 0 Å². The molecule has 0 aromatic carbocycles. The van der Waals surface area contributed by atoms with Crippen LogP contribution in [0.25, 0.3) is 0 Å². The lowest BCUT2D eigenvalue weighted by Gasteiger charge is -2.14. The molecule has 0 heterocycles. The number of carbonyl (C=O) groups is 1. The molecule has 0 aliphatic heterocycles. The van der Waals surface area contributed by atoms with Crippen LogP contribution in [0.1, 0.15) is 97.3 Å². The molecule has 0 radical (unpaired) electrons. The molecule has 1 atom stereocenters. The molecule has 2 heteroatoms. The molecular weight excluding hydrogens is 236 g/mol. The summed E-state index contributed by atoms with van der Waals surface area (Å²) in [5.41, 5.74) is 0. The van der Waals surface area contributed by atoms with Crippen molar-refractivity contribution in [2.24, 2.45) is 5.92 Å². The normalized spacial score (nSPS) is 12.5. The predicted molar refractivity (Wildman–Crippen MR) is 82.5 cm³/mol. The minimum atomic E-state index is -0.655. The summed E-state index contributed by atoms with van der Waals surface area (Å²) in [5, 5.41) is 8.54. The molecule has 0 fully saturated rings. The third kappa shape index (κ3) is 13.7. The van der Waals surface area contributed by atoms with Crippen LogP contribution in [0.3, 0.4) is 0 Å². The molecule has 0 aliphatic carbocycles. The molecule has 1 unspecified atom stereocenters. The molecule has 1 N–H and O–H groups in total. The third-order valence-electron chi connectivity index (χ3n) is 4.05. The lowest BCUT2D eigenvalue weighted by Crippen LogP contribution is -1.99. The summed E-state index contributed by atoms with van der Waals surface area (Å²) >= 11 is 0. The second-order valence-electron chi connectivity index (χ2n) is 5.82.